The van der Waals surface area contributed by atoms with Crippen molar-refractivity contribution >= 4 is 0 Å². The van der Waals surface area contributed by atoms with Gasteiger partial charge in [-0.05, 0) is 67.5 Å². The number of piperazine rings is 1. The van der Waals surface area contributed by atoms with Crippen LogP contribution in [0, 0.1) is 17.5 Å². The zero-order chi connectivity index (χ0) is 19.5. The van der Waals surface area contributed by atoms with E-state index in [1.807, 2.05) is 12.1 Å². The van der Waals surface area contributed by atoms with E-state index in [4.69, 9.17) is 0 Å². The van der Waals surface area contributed by atoms with Gasteiger partial charge in [0.2, 0.25) is 0 Å². The molecule has 2 aliphatic rings. The summed E-state index contributed by atoms with van der Waals surface area (Å²) in [4.78, 5) is 4.76. The first-order chi connectivity index (χ1) is 13.6. The zero-order valence-corrected chi connectivity index (χ0v) is 16.1. The Kier molecular flexibility index (Phi) is 6.02. The number of hydrogen-bond acceptors (Lipinski definition) is 2. The second-order valence-corrected chi connectivity index (χ2v) is 8.10. The van der Waals surface area contributed by atoms with Gasteiger partial charge < -0.3 is 0 Å². The summed E-state index contributed by atoms with van der Waals surface area (Å²) >= 11 is 0. The van der Waals surface area contributed by atoms with Crippen LogP contribution in [0.5, 0.6) is 0 Å². The minimum atomic E-state index is -0.382. The average molecular weight is 388 g/mol. The molecular weight excluding hydrogens is 361 g/mol. The van der Waals surface area contributed by atoms with E-state index in [2.05, 4.69) is 9.80 Å². The first-order valence-electron chi connectivity index (χ1n) is 10.2. The van der Waals surface area contributed by atoms with E-state index in [0.717, 1.165) is 39.0 Å². The molecule has 1 saturated heterocycles. The lowest BCUT2D eigenvalue weighted by Crippen LogP contribution is -2.50. The van der Waals surface area contributed by atoms with Crippen LogP contribution < -0.4 is 0 Å². The van der Waals surface area contributed by atoms with E-state index in [9.17, 15) is 13.2 Å². The SMILES string of the molecule is Fc1ccc(C2CCC(N3CCN(Cc4cc(F)ccc4F)CC3)CC2)cc1. The third kappa shape index (κ3) is 4.58. The first-order valence-corrected chi connectivity index (χ1v) is 10.2. The number of nitrogens with zero attached hydrogens (tertiary/aromatic N) is 2. The van der Waals surface area contributed by atoms with E-state index in [1.54, 1.807) is 12.1 Å². The normalized spacial score (nSPS) is 24.4. The van der Waals surface area contributed by atoms with Crippen LogP contribution in [-0.4, -0.2) is 42.0 Å². The molecule has 0 unspecified atom stereocenters. The van der Waals surface area contributed by atoms with Crippen molar-refractivity contribution in [3.05, 3.63) is 71.0 Å². The molecule has 2 aromatic carbocycles. The van der Waals surface area contributed by atoms with Crippen molar-refractivity contribution in [2.75, 3.05) is 26.2 Å². The number of halogens is 3. The fourth-order valence-corrected chi connectivity index (χ4v) is 4.70. The molecule has 0 amide bonds. The van der Waals surface area contributed by atoms with E-state index in [1.165, 1.54) is 36.6 Å². The molecule has 0 spiro atoms. The molecule has 1 saturated carbocycles. The van der Waals surface area contributed by atoms with Gasteiger partial charge in [0.15, 0.2) is 0 Å². The minimum Gasteiger partial charge on any atom is -0.298 e. The second-order valence-electron chi connectivity index (χ2n) is 8.10. The molecule has 1 aliphatic heterocycles. The zero-order valence-electron chi connectivity index (χ0n) is 16.1. The molecule has 2 fully saturated rings. The van der Waals surface area contributed by atoms with Crippen LogP contribution in [-0.2, 0) is 6.54 Å². The van der Waals surface area contributed by atoms with Crippen LogP contribution >= 0.6 is 0 Å². The Morgan fingerprint density at radius 2 is 1.39 bits per heavy atom. The smallest absolute Gasteiger partial charge is 0.127 e. The predicted molar refractivity (Wildman–Crippen MR) is 105 cm³/mol. The Morgan fingerprint density at radius 3 is 2.07 bits per heavy atom. The fourth-order valence-electron chi connectivity index (χ4n) is 4.70. The van der Waals surface area contributed by atoms with Gasteiger partial charge in [-0.3, -0.25) is 9.80 Å². The number of hydrogen-bond donors (Lipinski definition) is 0. The predicted octanol–water partition coefficient (Wildman–Crippen LogP) is 4.95. The molecule has 5 heteroatoms. The highest BCUT2D eigenvalue weighted by atomic mass is 19.1. The highest BCUT2D eigenvalue weighted by molar-refractivity contribution is 5.21. The first kappa shape index (κ1) is 19.5. The number of benzene rings is 2. The topological polar surface area (TPSA) is 6.48 Å². The van der Waals surface area contributed by atoms with Crippen molar-refractivity contribution in [1.29, 1.82) is 0 Å². The Labute approximate surface area is 165 Å². The maximum absolute atomic E-state index is 13.9. The Morgan fingerprint density at radius 1 is 0.750 bits per heavy atom. The quantitative estimate of drug-likeness (QED) is 0.731. The van der Waals surface area contributed by atoms with E-state index in [-0.39, 0.29) is 17.5 Å². The summed E-state index contributed by atoms with van der Waals surface area (Å²) in [5.74, 6) is -0.349. The van der Waals surface area contributed by atoms with Crippen LogP contribution in [0.15, 0.2) is 42.5 Å². The van der Waals surface area contributed by atoms with Crippen molar-refractivity contribution in [2.24, 2.45) is 0 Å². The summed E-state index contributed by atoms with van der Waals surface area (Å²) < 4.78 is 40.4. The summed E-state index contributed by atoms with van der Waals surface area (Å²) in [6.07, 6.45) is 4.62. The molecule has 150 valence electrons. The van der Waals surface area contributed by atoms with Gasteiger partial charge in [-0.25, -0.2) is 13.2 Å². The third-order valence-corrected chi connectivity index (χ3v) is 6.36. The van der Waals surface area contributed by atoms with E-state index < -0.39 is 0 Å². The third-order valence-electron chi connectivity index (χ3n) is 6.36. The molecule has 0 radical (unpaired) electrons. The Balaban J connectivity index is 1.25. The van der Waals surface area contributed by atoms with Crippen LogP contribution in [0.2, 0.25) is 0 Å². The van der Waals surface area contributed by atoms with Gasteiger partial charge in [0.25, 0.3) is 0 Å². The number of rotatable bonds is 4. The van der Waals surface area contributed by atoms with Gasteiger partial charge in [0.05, 0.1) is 0 Å². The van der Waals surface area contributed by atoms with Crippen molar-refractivity contribution in [3.63, 3.8) is 0 Å². The summed E-state index contributed by atoms with van der Waals surface area (Å²) in [6, 6.07) is 11.2. The summed E-state index contributed by atoms with van der Waals surface area (Å²) in [6.45, 7) is 4.18. The molecule has 0 N–H and O–H groups in total. The minimum absolute atomic E-state index is 0.173. The van der Waals surface area contributed by atoms with Gasteiger partial charge in [-0.15, -0.1) is 0 Å². The summed E-state index contributed by atoms with van der Waals surface area (Å²) in [5, 5.41) is 0. The highest BCUT2D eigenvalue weighted by Gasteiger charge is 2.29. The maximum Gasteiger partial charge on any atom is 0.127 e. The standard InChI is InChI=1S/C23H27F3N2/c24-20-5-1-17(2-6-20)18-3-8-22(9-4-18)28-13-11-27(12-14-28)16-19-15-21(25)7-10-23(19)26/h1-2,5-7,10,15,18,22H,3-4,8-9,11-14,16H2. The van der Waals surface area contributed by atoms with Gasteiger partial charge >= 0.3 is 0 Å². The molecule has 2 nitrogen and oxygen atoms in total. The largest absolute Gasteiger partial charge is 0.298 e. The van der Waals surface area contributed by atoms with Crippen molar-refractivity contribution in [3.8, 4) is 0 Å². The van der Waals surface area contributed by atoms with Crippen LogP contribution in [0.25, 0.3) is 0 Å². The molecular formula is C23H27F3N2. The second kappa shape index (κ2) is 8.66. The fraction of sp³-hybridized carbons (Fsp3) is 0.478. The van der Waals surface area contributed by atoms with Gasteiger partial charge in [0, 0.05) is 44.3 Å². The molecule has 28 heavy (non-hydrogen) atoms. The molecule has 2 aromatic rings. The van der Waals surface area contributed by atoms with E-state index in [0.29, 0.717) is 24.1 Å². The van der Waals surface area contributed by atoms with Gasteiger partial charge in [-0.2, -0.15) is 0 Å². The van der Waals surface area contributed by atoms with Crippen LogP contribution in [0.4, 0.5) is 13.2 Å². The molecule has 0 bridgehead atoms. The van der Waals surface area contributed by atoms with Crippen LogP contribution in [0.3, 0.4) is 0 Å². The lowest BCUT2D eigenvalue weighted by Gasteiger charge is -2.42. The van der Waals surface area contributed by atoms with E-state index >= 15 is 0 Å². The van der Waals surface area contributed by atoms with Crippen LogP contribution in [0.1, 0.15) is 42.7 Å². The van der Waals surface area contributed by atoms with Gasteiger partial charge in [-0.1, -0.05) is 12.1 Å². The van der Waals surface area contributed by atoms with Crippen molar-refractivity contribution < 1.29 is 13.2 Å². The van der Waals surface area contributed by atoms with Crippen molar-refractivity contribution in [1.82, 2.24) is 9.80 Å². The lowest BCUT2D eigenvalue weighted by molar-refractivity contribution is 0.0721. The Bertz CT molecular complexity index is 777. The van der Waals surface area contributed by atoms with Gasteiger partial charge in [0.1, 0.15) is 17.5 Å². The van der Waals surface area contributed by atoms with Crippen molar-refractivity contribution in [2.45, 2.75) is 44.2 Å². The molecule has 1 aliphatic carbocycles. The molecule has 1 heterocycles. The average Bonchev–Trinajstić information content (AvgIpc) is 2.72. The molecule has 4 rings (SSSR count). The summed E-state index contributed by atoms with van der Waals surface area (Å²) in [5.41, 5.74) is 1.69. The monoisotopic (exact) mass is 388 g/mol. The molecule has 0 aromatic heterocycles. The maximum atomic E-state index is 13.9. The summed E-state index contributed by atoms with van der Waals surface area (Å²) in [7, 11) is 0. The molecule has 0 atom stereocenters. The highest BCUT2D eigenvalue weighted by Crippen LogP contribution is 2.35. The lowest BCUT2D eigenvalue weighted by atomic mass is 9.81. The Hall–Kier alpha value is -1.85.